The van der Waals surface area contributed by atoms with Gasteiger partial charge in [-0.2, -0.15) is 0 Å². The van der Waals surface area contributed by atoms with Crippen LogP contribution in [-0.4, -0.2) is 53.0 Å². The lowest BCUT2D eigenvalue weighted by molar-refractivity contribution is -0.0704. The molecule has 2 heterocycles. The zero-order chi connectivity index (χ0) is 11.0. The Hall–Kier alpha value is -0.260. The summed E-state index contributed by atoms with van der Waals surface area (Å²) in [5.74, 6) is 0. The molecule has 2 aliphatic heterocycles. The van der Waals surface area contributed by atoms with Gasteiger partial charge in [0.25, 0.3) is 0 Å². The van der Waals surface area contributed by atoms with Crippen molar-refractivity contribution in [1.82, 2.24) is 4.90 Å². The maximum absolute atomic E-state index is 9.96. The van der Waals surface area contributed by atoms with Crippen LogP contribution in [0.3, 0.4) is 0 Å². The quantitative estimate of drug-likeness (QED) is 0.727. The number of amidine groups is 1. The van der Waals surface area contributed by atoms with Gasteiger partial charge in [0.2, 0.25) is 0 Å². The second kappa shape index (κ2) is 4.31. The number of fused-ring (bicyclic) bond motifs is 1. The van der Waals surface area contributed by atoms with Crippen LogP contribution in [-0.2, 0) is 4.74 Å². The van der Waals surface area contributed by atoms with Gasteiger partial charge in [0.15, 0.2) is 5.17 Å². The third-order valence-corrected chi connectivity index (χ3v) is 4.13. The number of aliphatic imine (C=N–C) groups is 1. The van der Waals surface area contributed by atoms with E-state index < -0.39 is 0 Å². The van der Waals surface area contributed by atoms with Gasteiger partial charge in [0, 0.05) is 20.5 Å². The van der Waals surface area contributed by atoms with Crippen molar-refractivity contribution in [2.45, 2.75) is 43.5 Å². The number of aliphatic hydroxyl groups excluding tert-OH is 1. The van der Waals surface area contributed by atoms with E-state index in [1.54, 1.807) is 11.8 Å². The third-order valence-electron chi connectivity index (χ3n) is 2.82. The first-order valence-corrected chi connectivity index (χ1v) is 6.25. The van der Waals surface area contributed by atoms with Crippen LogP contribution >= 0.6 is 11.8 Å². The van der Waals surface area contributed by atoms with Crippen molar-refractivity contribution >= 4 is 16.9 Å². The Kier molecular flexibility index (Phi) is 3.23. The number of ether oxygens (including phenoxy) is 1. The van der Waals surface area contributed by atoms with Crippen LogP contribution < -0.4 is 0 Å². The van der Waals surface area contributed by atoms with Crippen LogP contribution in [0.15, 0.2) is 4.99 Å². The van der Waals surface area contributed by atoms with Crippen LogP contribution in [0.25, 0.3) is 0 Å². The lowest BCUT2D eigenvalue weighted by atomic mass is 10.0. The first-order chi connectivity index (χ1) is 7.11. The van der Waals surface area contributed by atoms with Gasteiger partial charge in [-0.3, -0.25) is 4.99 Å². The van der Waals surface area contributed by atoms with E-state index in [9.17, 15) is 5.11 Å². The molecule has 5 heteroatoms. The predicted molar refractivity (Wildman–Crippen MR) is 62.1 cm³/mol. The molecule has 0 spiro atoms. The van der Waals surface area contributed by atoms with E-state index in [0.29, 0.717) is 6.42 Å². The highest BCUT2D eigenvalue weighted by Gasteiger charge is 2.42. The fourth-order valence-corrected chi connectivity index (χ4v) is 3.10. The molecule has 0 saturated carbocycles. The molecule has 1 fully saturated rings. The molecule has 2 rings (SSSR count). The molecule has 1 N–H and O–H groups in total. The Balaban J connectivity index is 2.07. The van der Waals surface area contributed by atoms with Crippen molar-refractivity contribution in [3.63, 3.8) is 0 Å². The summed E-state index contributed by atoms with van der Waals surface area (Å²) in [7, 11) is 3.93. The molecule has 0 radical (unpaired) electrons. The third kappa shape index (κ3) is 2.14. The summed E-state index contributed by atoms with van der Waals surface area (Å²) in [6.07, 6.45) is 1.50. The van der Waals surface area contributed by atoms with Gasteiger partial charge in [-0.25, -0.2) is 0 Å². The Morgan fingerprint density at radius 1 is 1.60 bits per heavy atom. The van der Waals surface area contributed by atoms with E-state index in [1.807, 2.05) is 19.0 Å². The number of hydrogen-bond donors (Lipinski definition) is 1. The maximum atomic E-state index is 9.96. The molecular weight excluding hydrogens is 212 g/mol. The van der Waals surface area contributed by atoms with Gasteiger partial charge in [-0.05, 0) is 6.42 Å². The molecular formula is C10H18N2O2S. The number of thioether (sulfide) groups is 1. The van der Waals surface area contributed by atoms with Crippen LogP contribution in [0.2, 0.25) is 0 Å². The SMILES string of the molecule is CC[C@@H]1C[C@H](O)[C@H]2N=C(N(C)C)S[C@H]2O1. The van der Waals surface area contributed by atoms with E-state index in [2.05, 4.69) is 11.9 Å². The van der Waals surface area contributed by atoms with E-state index >= 15 is 0 Å². The number of hydrogen-bond acceptors (Lipinski definition) is 5. The average molecular weight is 230 g/mol. The highest BCUT2D eigenvalue weighted by Crippen LogP contribution is 2.37. The molecule has 0 aromatic rings. The standard InChI is InChI=1S/C10H18N2O2S/c1-4-6-5-7(13)8-9(14-6)15-10(11-8)12(2)3/h6-9,13H,4-5H2,1-3H3/t6-,7+,8-,9-/m1/s1. The van der Waals surface area contributed by atoms with Gasteiger partial charge >= 0.3 is 0 Å². The highest BCUT2D eigenvalue weighted by molar-refractivity contribution is 8.14. The lowest BCUT2D eigenvalue weighted by Crippen LogP contribution is -2.43. The van der Waals surface area contributed by atoms with Crippen molar-refractivity contribution in [3.8, 4) is 0 Å². The first-order valence-electron chi connectivity index (χ1n) is 5.37. The molecule has 15 heavy (non-hydrogen) atoms. The summed E-state index contributed by atoms with van der Waals surface area (Å²) in [4.78, 5) is 6.46. The van der Waals surface area contributed by atoms with Crippen LogP contribution in [0.5, 0.6) is 0 Å². The van der Waals surface area contributed by atoms with Gasteiger partial charge in [-0.15, -0.1) is 0 Å². The summed E-state index contributed by atoms with van der Waals surface area (Å²) >= 11 is 1.62. The summed E-state index contributed by atoms with van der Waals surface area (Å²) < 4.78 is 5.87. The predicted octanol–water partition coefficient (Wildman–Crippen LogP) is 0.905. The van der Waals surface area contributed by atoms with Crippen molar-refractivity contribution in [2.75, 3.05) is 14.1 Å². The van der Waals surface area contributed by atoms with Crippen molar-refractivity contribution < 1.29 is 9.84 Å². The smallest absolute Gasteiger partial charge is 0.161 e. The van der Waals surface area contributed by atoms with E-state index in [4.69, 9.17) is 4.74 Å². The van der Waals surface area contributed by atoms with E-state index in [-0.39, 0.29) is 23.7 Å². The Morgan fingerprint density at radius 2 is 2.33 bits per heavy atom. The fourth-order valence-electron chi connectivity index (χ4n) is 1.91. The minimum atomic E-state index is -0.348. The number of aliphatic hydroxyl groups is 1. The second-order valence-electron chi connectivity index (χ2n) is 4.25. The van der Waals surface area contributed by atoms with Gasteiger partial charge in [0.05, 0.1) is 12.2 Å². The topological polar surface area (TPSA) is 45.1 Å². The molecule has 86 valence electrons. The average Bonchev–Trinajstić information content (AvgIpc) is 2.61. The summed E-state index contributed by atoms with van der Waals surface area (Å²) in [6, 6.07) is -0.0739. The monoisotopic (exact) mass is 230 g/mol. The minimum absolute atomic E-state index is 0.0103. The molecule has 0 aromatic heterocycles. The molecule has 0 amide bonds. The number of rotatable bonds is 1. The molecule has 0 aromatic carbocycles. The molecule has 0 bridgehead atoms. The largest absolute Gasteiger partial charge is 0.391 e. The molecule has 0 aliphatic carbocycles. The Morgan fingerprint density at radius 3 is 2.93 bits per heavy atom. The fraction of sp³-hybridized carbons (Fsp3) is 0.900. The zero-order valence-corrected chi connectivity index (χ0v) is 10.2. The van der Waals surface area contributed by atoms with Crippen LogP contribution in [0.4, 0.5) is 0 Å². The summed E-state index contributed by atoms with van der Waals surface area (Å²) in [6.45, 7) is 2.09. The van der Waals surface area contributed by atoms with Crippen LogP contribution in [0, 0.1) is 0 Å². The van der Waals surface area contributed by atoms with Gasteiger partial charge in [-0.1, -0.05) is 18.7 Å². The van der Waals surface area contributed by atoms with Gasteiger partial charge in [0.1, 0.15) is 11.5 Å². The van der Waals surface area contributed by atoms with Gasteiger partial charge < -0.3 is 14.7 Å². The Bertz CT molecular complexity index is 270. The summed E-state index contributed by atoms with van der Waals surface area (Å²) in [5, 5.41) is 10.9. The molecule has 0 unspecified atom stereocenters. The van der Waals surface area contributed by atoms with Crippen molar-refractivity contribution in [2.24, 2.45) is 4.99 Å². The zero-order valence-electron chi connectivity index (χ0n) is 9.38. The molecule has 2 aliphatic rings. The molecule has 4 nitrogen and oxygen atoms in total. The highest BCUT2D eigenvalue weighted by atomic mass is 32.2. The maximum Gasteiger partial charge on any atom is 0.161 e. The van der Waals surface area contributed by atoms with E-state index in [1.165, 1.54) is 0 Å². The Labute approximate surface area is 94.7 Å². The summed E-state index contributed by atoms with van der Waals surface area (Å²) in [5.41, 5.74) is 0.0103. The second-order valence-corrected chi connectivity index (χ2v) is 5.32. The normalized spacial score (nSPS) is 39.9. The lowest BCUT2D eigenvalue weighted by Gasteiger charge is -2.33. The first kappa shape index (κ1) is 11.2. The van der Waals surface area contributed by atoms with E-state index in [0.717, 1.165) is 11.6 Å². The van der Waals surface area contributed by atoms with Crippen molar-refractivity contribution in [3.05, 3.63) is 0 Å². The number of nitrogens with zero attached hydrogens (tertiary/aromatic N) is 2. The van der Waals surface area contributed by atoms with Crippen LogP contribution in [0.1, 0.15) is 19.8 Å². The molecule has 1 saturated heterocycles. The van der Waals surface area contributed by atoms with Crippen molar-refractivity contribution in [1.29, 1.82) is 0 Å². The minimum Gasteiger partial charge on any atom is -0.391 e. The molecule has 4 atom stereocenters.